The maximum atomic E-state index is 12.1. The van der Waals surface area contributed by atoms with Crippen molar-refractivity contribution < 1.29 is 5.11 Å². The summed E-state index contributed by atoms with van der Waals surface area (Å²) in [7, 11) is 0. The van der Waals surface area contributed by atoms with E-state index in [1.165, 1.54) is 10.7 Å². The van der Waals surface area contributed by atoms with Crippen LogP contribution in [0.2, 0.25) is 0 Å². The molecule has 0 saturated heterocycles. The number of benzene rings is 1. The van der Waals surface area contributed by atoms with Crippen LogP contribution in [-0.4, -0.2) is 24.5 Å². The number of phenolic OH excluding ortho intramolecular Hbond substituents is 1. The average molecular weight is 346 g/mol. The highest BCUT2D eigenvalue weighted by Crippen LogP contribution is 2.37. The smallest absolute Gasteiger partial charge is 0.267 e. The van der Waals surface area contributed by atoms with Crippen molar-refractivity contribution >= 4 is 5.52 Å². The minimum Gasteiger partial charge on any atom is -0.507 e. The van der Waals surface area contributed by atoms with E-state index in [4.69, 9.17) is 0 Å². The molecule has 0 fully saturated rings. The summed E-state index contributed by atoms with van der Waals surface area (Å²) in [6.45, 7) is 3.83. The van der Waals surface area contributed by atoms with Gasteiger partial charge in [0, 0.05) is 17.8 Å². The van der Waals surface area contributed by atoms with Crippen molar-refractivity contribution in [3.05, 3.63) is 71.1 Å². The van der Waals surface area contributed by atoms with Crippen LogP contribution in [0, 0.1) is 0 Å². The van der Waals surface area contributed by atoms with Crippen LogP contribution >= 0.6 is 0 Å². The van der Waals surface area contributed by atoms with Gasteiger partial charge in [-0.25, -0.2) is 9.20 Å². The Morgan fingerprint density at radius 2 is 1.73 bits per heavy atom. The highest BCUT2D eigenvalue weighted by Gasteiger charge is 2.20. The van der Waals surface area contributed by atoms with Crippen LogP contribution < -0.4 is 5.56 Å². The lowest BCUT2D eigenvalue weighted by Gasteiger charge is -2.10. The highest BCUT2D eigenvalue weighted by molar-refractivity contribution is 5.92. The van der Waals surface area contributed by atoms with Crippen molar-refractivity contribution in [3.63, 3.8) is 0 Å². The maximum Gasteiger partial charge on any atom is 0.267 e. The van der Waals surface area contributed by atoms with Gasteiger partial charge in [-0.3, -0.25) is 4.79 Å². The Bertz CT molecular complexity index is 1160. The van der Waals surface area contributed by atoms with Crippen molar-refractivity contribution in [2.24, 2.45) is 0 Å². The molecule has 0 aliphatic heterocycles. The van der Waals surface area contributed by atoms with Crippen molar-refractivity contribution in [2.75, 3.05) is 0 Å². The molecule has 4 aromatic rings. The maximum absolute atomic E-state index is 12.1. The minimum atomic E-state index is -0.149. The zero-order valence-electron chi connectivity index (χ0n) is 14.5. The molecule has 0 bridgehead atoms. The normalized spacial score (nSPS) is 11.3. The van der Waals surface area contributed by atoms with Crippen molar-refractivity contribution in [1.29, 1.82) is 0 Å². The van der Waals surface area contributed by atoms with Crippen LogP contribution in [0.25, 0.3) is 28.0 Å². The largest absolute Gasteiger partial charge is 0.507 e. The molecule has 0 unspecified atom stereocenters. The van der Waals surface area contributed by atoms with E-state index in [9.17, 15) is 9.90 Å². The Kier molecular flexibility index (Phi) is 3.80. The van der Waals surface area contributed by atoms with E-state index in [0.717, 1.165) is 11.1 Å². The fraction of sp³-hybridized carbons (Fsp3) is 0.150. The van der Waals surface area contributed by atoms with Crippen LogP contribution in [0.15, 0.2) is 65.6 Å². The Labute approximate surface area is 150 Å². The summed E-state index contributed by atoms with van der Waals surface area (Å²) in [6, 6.07) is 16.0. The summed E-state index contributed by atoms with van der Waals surface area (Å²) in [6.07, 6.45) is 1.85. The summed E-state index contributed by atoms with van der Waals surface area (Å²) < 4.78 is 3.21. The molecule has 1 aromatic carbocycles. The molecule has 0 saturated carbocycles. The molecule has 1 N–H and O–H groups in total. The Balaban J connectivity index is 2.06. The van der Waals surface area contributed by atoms with Gasteiger partial charge in [-0.15, -0.1) is 0 Å². The number of aromatic nitrogens is 4. The molecule has 0 aliphatic carbocycles. The van der Waals surface area contributed by atoms with Gasteiger partial charge in [0.2, 0.25) is 0 Å². The predicted molar refractivity (Wildman–Crippen MR) is 100 cm³/mol. The number of para-hydroxylation sites is 1. The van der Waals surface area contributed by atoms with Crippen LogP contribution in [0.1, 0.15) is 19.9 Å². The van der Waals surface area contributed by atoms with Gasteiger partial charge in [0.25, 0.3) is 5.56 Å². The second-order valence-electron chi connectivity index (χ2n) is 6.37. The van der Waals surface area contributed by atoms with Gasteiger partial charge in [-0.2, -0.15) is 10.2 Å². The van der Waals surface area contributed by atoms with Gasteiger partial charge in [-0.05, 0) is 44.2 Å². The first-order valence-corrected chi connectivity index (χ1v) is 8.42. The van der Waals surface area contributed by atoms with Gasteiger partial charge in [0.05, 0.1) is 22.8 Å². The lowest BCUT2D eigenvalue weighted by Crippen LogP contribution is -2.23. The average Bonchev–Trinajstić information content (AvgIpc) is 3.01. The molecule has 4 rings (SSSR count). The molecular formula is C20H18N4O2. The molecular weight excluding hydrogens is 328 g/mol. The molecule has 3 heterocycles. The summed E-state index contributed by atoms with van der Waals surface area (Å²) in [5.41, 5.74) is 3.36. The molecule has 0 aliphatic rings. The van der Waals surface area contributed by atoms with Crippen LogP contribution in [0.5, 0.6) is 5.75 Å². The summed E-state index contributed by atoms with van der Waals surface area (Å²) in [5.74, 6) is 0.148. The lowest BCUT2D eigenvalue weighted by molar-refractivity contribution is 0.477. The van der Waals surface area contributed by atoms with E-state index in [1.807, 2.05) is 50.4 Å². The molecule has 0 radical (unpaired) electrons. The molecule has 3 aromatic heterocycles. The third-order valence-corrected chi connectivity index (χ3v) is 4.27. The van der Waals surface area contributed by atoms with Crippen LogP contribution in [0.4, 0.5) is 0 Å². The van der Waals surface area contributed by atoms with Gasteiger partial charge in [-0.1, -0.05) is 18.2 Å². The zero-order valence-corrected chi connectivity index (χ0v) is 14.5. The molecule has 0 spiro atoms. The van der Waals surface area contributed by atoms with E-state index in [0.29, 0.717) is 17.0 Å². The molecule has 6 heteroatoms. The van der Waals surface area contributed by atoms with Gasteiger partial charge in [0.15, 0.2) is 0 Å². The number of fused-ring (bicyclic) bond motifs is 1. The first kappa shape index (κ1) is 16.1. The van der Waals surface area contributed by atoms with Crippen molar-refractivity contribution in [3.8, 4) is 28.3 Å². The van der Waals surface area contributed by atoms with E-state index in [2.05, 4.69) is 10.2 Å². The Hall–Kier alpha value is -3.41. The molecule has 6 nitrogen and oxygen atoms in total. The summed E-state index contributed by atoms with van der Waals surface area (Å²) in [5, 5.41) is 19.5. The summed E-state index contributed by atoms with van der Waals surface area (Å²) >= 11 is 0. The van der Waals surface area contributed by atoms with Crippen molar-refractivity contribution in [2.45, 2.75) is 19.9 Å². The first-order valence-electron chi connectivity index (χ1n) is 8.42. The zero-order chi connectivity index (χ0) is 18.3. The lowest BCUT2D eigenvalue weighted by atomic mass is 10.0. The standard InChI is InChI=1S/C20H18N4O2/c1-13(2)24-18(26)11-10-15(21-24)19-16-8-5-6-12-23(16)22-20(19)14-7-3-4-9-17(14)25/h3-13,25H,1-2H3. The quantitative estimate of drug-likeness (QED) is 0.616. The van der Waals surface area contributed by atoms with Gasteiger partial charge in [0.1, 0.15) is 11.4 Å². The molecule has 0 atom stereocenters. The van der Waals surface area contributed by atoms with Crippen LogP contribution in [0.3, 0.4) is 0 Å². The van der Waals surface area contributed by atoms with E-state index in [-0.39, 0.29) is 17.4 Å². The molecule has 26 heavy (non-hydrogen) atoms. The summed E-state index contributed by atoms with van der Waals surface area (Å²) in [4.78, 5) is 12.1. The minimum absolute atomic E-state index is 0.0575. The molecule has 0 amide bonds. The Morgan fingerprint density at radius 3 is 2.50 bits per heavy atom. The second-order valence-corrected chi connectivity index (χ2v) is 6.37. The topological polar surface area (TPSA) is 72.4 Å². The fourth-order valence-electron chi connectivity index (χ4n) is 3.04. The number of nitrogens with zero attached hydrogens (tertiary/aromatic N) is 4. The number of aromatic hydroxyl groups is 1. The van der Waals surface area contributed by atoms with Gasteiger partial charge >= 0.3 is 0 Å². The SMILES string of the molecule is CC(C)n1nc(-c2c(-c3ccccc3O)nn3ccccc23)ccc1=O. The van der Waals surface area contributed by atoms with E-state index >= 15 is 0 Å². The highest BCUT2D eigenvalue weighted by atomic mass is 16.3. The Morgan fingerprint density at radius 1 is 0.962 bits per heavy atom. The van der Waals surface area contributed by atoms with Crippen LogP contribution in [-0.2, 0) is 0 Å². The van der Waals surface area contributed by atoms with Crippen molar-refractivity contribution in [1.82, 2.24) is 19.4 Å². The first-order chi connectivity index (χ1) is 12.6. The number of hydrogen-bond donors (Lipinski definition) is 1. The number of hydrogen-bond acceptors (Lipinski definition) is 4. The predicted octanol–water partition coefficient (Wildman–Crippen LogP) is 3.51. The van der Waals surface area contributed by atoms with Gasteiger partial charge < -0.3 is 5.11 Å². The third kappa shape index (κ3) is 2.56. The molecule has 130 valence electrons. The number of phenols is 1. The van der Waals surface area contributed by atoms with E-state index in [1.54, 1.807) is 22.7 Å². The fourth-order valence-corrected chi connectivity index (χ4v) is 3.04. The monoisotopic (exact) mass is 346 g/mol. The third-order valence-electron chi connectivity index (χ3n) is 4.27. The number of rotatable bonds is 3. The second kappa shape index (κ2) is 6.15. The van der Waals surface area contributed by atoms with E-state index < -0.39 is 0 Å². The number of pyridine rings is 1.